The lowest BCUT2D eigenvalue weighted by Gasteiger charge is -2.35. The largest absolute Gasteiger partial charge is 0.508 e. The van der Waals surface area contributed by atoms with Gasteiger partial charge in [-0.3, -0.25) is 9.69 Å². The van der Waals surface area contributed by atoms with Crippen LogP contribution in [0.5, 0.6) is 5.75 Å². The number of fused-ring (bicyclic) bond motifs is 6. The number of nitrogens with one attached hydrogen (secondary N) is 1. The fourth-order valence-corrected chi connectivity index (χ4v) is 8.05. The lowest BCUT2D eigenvalue weighted by molar-refractivity contribution is 0.252. The standard InChI is InChI=1S/C36H39N3O.C8H6N2O/c1-25-22-34-28(10-14-32-31-8-3-2-6-26(31)9-13-33(32)34)23-27(25)7-4-5-17-38-18-20-39(21-19-38)36-16-11-29-24-30(40)12-15-35(29)37-36;11-8-6-3-1-2-4-7(6)9-5-10-8/h3,8,10-12,14-16,22-24,40H,2,4-7,9,13,17-21H2,1H3;1-5H,(H,9,10,11). The molecule has 4 aromatic carbocycles. The van der Waals surface area contributed by atoms with Gasteiger partial charge in [-0.2, -0.15) is 0 Å². The first-order valence-corrected chi connectivity index (χ1v) is 18.4. The van der Waals surface area contributed by atoms with E-state index in [2.05, 4.69) is 75.2 Å². The second-order valence-corrected chi connectivity index (χ2v) is 14.1. The second-order valence-electron chi connectivity index (χ2n) is 14.1. The average Bonchev–Trinajstić information content (AvgIpc) is 3.17. The summed E-state index contributed by atoms with van der Waals surface area (Å²) >= 11 is 0. The molecule has 2 aliphatic carbocycles. The summed E-state index contributed by atoms with van der Waals surface area (Å²) in [5, 5.41) is 14.2. The third-order valence-electron chi connectivity index (χ3n) is 10.9. The van der Waals surface area contributed by atoms with E-state index in [4.69, 9.17) is 4.98 Å². The summed E-state index contributed by atoms with van der Waals surface area (Å²) in [5.41, 5.74) is 10.8. The minimum absolute atomic E-state index is 0.0874. The van der Waals surface area contributed by atoms with E-state index in [-0.39, 0.29) is 5.56 Å². The quantitative estimate of drug-likeness (QED) is 0.172. The van der Waals surface area contributed by atoms with Crippen LogP contribution in [0.25, 0.3) is 38.2 Å². The summed E-state index contributed by atoms with van der Waals surface area (Å²) in [6, 6.07) is 26.5. The summed E-state index contributed by atoms with van der Waals surface area (Å²) in [5.74, 6) is 1.33. The molecule has 1 fully saturated rings. The number of phenolic OH excluding ortho intramolecular Hbond substituents is 1. The van der Waals surface area contributed by atoms with E-state index < -0.39 is 0 Å². The van der Waals surface area contributed by atoms with Crippen LogP contribution >= 0.6 is 0 Å². The number of phenols is 1. The molecule has 1 saturated heterocycles. The maximum absolute atomic E-state index is 11.1. The van der Waals surface area contributed by atoms with Gasteiger partial charge in [0.05, 0.1) is 22.7 Å². The van der Waals surface area contributed by atoms with Crippen LogP contribution in [-0.2, 0) is 12.8 Å². The zero-order valence-electron chi connectivity index (χ0n) is 29.4. The van der Waals surface area contributed by atoms with Gasteiger partial charge in [0.1, 0.15) is 11.6 Å². The molecule has 7 nitrogen and oxygen atoms in total. The highest BCUT2D eigenvalue weighted by molar-refractivity contribution is 5.94. The molecule has 0 atom stereocenters. The number of H-pyrrole nitrogens is 1. The molecule has 1 aliphatic heterocycles. The van der Waals surface area contributed by atoms with Crippen molar-refractivity contribution in [3.63, 3.8) is 0 Å². The molecule has 2 aromatic heterocycles. The number of nitrogens with zero attached hydrogens (tertiary/aromatic N) is 4. The van der Waals surface area contributed by atoms with E-state index in [1.807, 2.05) is 24.3 Å². The molecule has 7 heteroatoms. The number of aromatic nitrogens is 3. The van der Waals surface area contributed by atoms with E-state index in [9.17, 15) is 9.90 Å². The van der Waals surface area contributed by atoms with Crippen molar-refractivity contribution in [1.82, 2.24) is 19.9 Å². The number of rotatable bonds is 6. The van der Waals surface area contributed by atoms with E-state index >= 15 is 0 Å². The Morgan fingerprint density at radius 3 is 2.57 bits per heavy atom. The van der Waals surface area contributed by atoms with Crippen molar-refractivity contribution in [3.05, 3.63) is 136 Å². The number of unbranched alkanes of at least 4 members (excludes halogenated alkanes) is 1. The molecule has 6 aromatic rings. The summed E-state index contributed by atoms with van der Waals surface area (Å²) in [6.07, 6.45) is 14.6. The van der Waals surface area contributed by atoms with Crippen molar-refractivity contribution in [3.8, 4) is 5.75 Å². The zero-order valence-corrected chi connectivity index (χ0v) is 29.4. The number of aromatic amines is 1. The molecule has 0 saturated carbocycles. The minimum Gasteiger partial charge on any atom is -0.508 e. The highest BCUT2D eigenvalue weighted by Gasteiger charge is 2.21. The van der Waals surface area contributed by atoms with Crippen LogP contribution in [0, 0.1) is 6.92 Å². The van der Waals surface area contributed by atoms with Crippen molar-refractivity contribution in [2.45, 2.75) is 51.9 Å². The smallest absolute Gasteiger partial charge is 0.258 e. The molecule has 3 heterocycles. The first kappa shape index (κ1) is 32.9. The minimum atomic E-state index is -0.0874. The number of para-hydroxylation sites is 1. The van der Waals surface area contributed by atoms with Crippen LogP contribution in [0.3, 0.4) is 0 Å². The Labute approximate surface area is 299 Å². The molecular formula is C44H45N5O2. The van der Waals surface area contributed by atoms with Crippen LogP contribution in [0.4, 0.5) is 5.82 Å². The Bertz CT molecular complexity index is 2340. The van der Waals surface area contributed by atoms with Gasteiger partial charge in [0, 0.05) is 31.6 Å². The monoisotopic (exact) mass is 675 g/mol. The highest BCUT2D eigenvalue weighted by Crippen LogP contribution is 2.40. The number of aromatic hydroxyl groups is 1. The third kappa shape index (κ3) is 7.04. The predicted octanol–water partition coefficient (Wildman–Crippen LogP) is 8.52. The first-order valence-electron chi connectivity index (χ1n) is 18.4. The van der Waals surface area contributed by atoms with E-state index in [1.165, 1.54) is 84.4 Å². The van der Waals surface area contributed by atoms with Crippen molar-refractivity contribution in [2.75, 3.05) is 37.6 Å². The molecular weight excluding hydrogens is 631 g/mol. The lowest BCUT2D eigenvalue weighted by atomic mass is 9.79. The number of aryl methyl sites for hydroxylation is 3. The Kier molecular flexibility index (Phi) is 9.37. The van der Waals surface area contributed by atoms with Crippen molar-refractivity contribution < 1.29 is 5.11 Å². The second kappa shape index (κ2) is 14.5. The topological polar surface area (TPSA) is 85.4 Å². The zero-order chi connectivity index (χ0) is 34.7. The number of anilines is 1. The average molecular weight is 676 g/mol. The lowest BCUT2D eigenvalue weighted by Crippen LogP contribution is -2.46. The fourth-order valence-electron chi connectivity index (χ4n) is 8.05. The summed E-state index contributed by atoms with van der Waals surface area (Å²) in [4.78, 5) is 27.4. The van der Waals surface area contributed by atoms with Gasteiger partial charge < -0.3 is 15.0 Å². The van der Waals surface area contributed by atoms with Crippen molar-refractivity contribution in [1.29, 1.82) is 0 Å². The molecule has 0 bridgehead atoms. The van der Waals surface area contributed by atoms with Crippen LogP contribution in [0.1, 0.15) is 54.4 Å². The third-order valence-corrected chi connectivity index (χ3v) is 10.9. The molecule has 258 valence electrons. The Morgan fingerprint density at radius 1 is 0.824 bits per heavy atom. The molecule has 0 spiro atoms. The number of hydrogen-bond donors (Lipinski definition) is 2. The first-order chi connectivity index (χ1) is 25.0. The maximum Gasteiger partial charge on any atom is 0.258 e. The molecule has 2 N–H and O–H groups in total. The molecule has 51 heavy (non-hydrogen) atoms. The predicted molar refractivity (Wildman–Crippen MR) is 210 cm³/mol. The normalized spacial score (nSPS) is 15.9. The Morgan fingerprint density at radius 2 is 1.69 bits per heavy atom. The van der Waals surface area contributed by atoms with E-state index in [0.717, 1.165) is 54.8 Å². The van der Waals surface area contributed by atoms with Crippen LogP contribution in [0.15, 0.2) is 108 Å². The Hall–Kier alpha value is -5.27. The van der Waals surface area contributed by atoms with Gasteiger partial charge in [-0.25, -0.2) is 9.97 Å². The number of benzene rings is 4. The van der Waals surface area contributed by atoms with Gasteiger partial charge in [-0.15, -0.1) is 0 Å². The van der Waals surface area contributed by atoms with Gasteiger partial charge in [0.2, 0.25) is 0 Å². The van der Waals surface area contributed by atoms with Crippen LogP contribution in [-0.4, -0.2) is 57.7 Å². The number of hydrogen-bond acceptors (Lipinski definition) is 6. The molecule has 0 amide bonds. The molecule has 0 unspecified atom stereocenters. The van der Waals surface area contributed by atoms with Crippen molar-refractivity contribution in [2.24, 2.45) is 0 Å². The van der Waals surface area contributed by atoms with Crippen LogP contribution < -0.4 is 10.5 Å². The SMILES string of the molecule is Cc1cc2c3c(ccc2cc1CCCCN1CCN(c2ccc4cc(O)ccc4n2)CC1)C1=C(CCC=C1)CC3.O=c1[nH]cnc2ccccc12. The summed E-state index contributed by atoms with van der Waals surface area (Å²) < 4.78 is 0. The van der Waals surface area contributed by atoms with Gasteiger partial charge in [-0.05, 0) is 139 Å². The molecule has 0 radical (unpaired) electrons. The van der Waals surface area contributed by atoms with Crippen molar-refractivity contribution >= 4 is 44.0 Å². The number of allylic oxidation sites excluding steroid dienone is 4. The van der Waals surface area contributed by atoms with Gasteiger partial charge in [-0.1, -0.05) is 54.1 Å². The maximum atomic E-state index is 11.1. The summed E-state index contributed by atoms with van der Waals surface area (Å²) in [7, 11) is 0. The summed E-state index contributed by atoms with van der Waals surface area (Å²) in [6.45, 7) is 7.68. The molecule has 9 rings (SSSR count). The number of pyridine rings is 1. The fraction of sp³-hybridized carbons (Fsp3) is 0.295. The highest BCUT2D eigenvalue weighted by atomic mass is 16.3. The number of piperazine rings is 1. The van der Waals surface area contributed by atoms with Gasteiger partial charge >= 0.3 is 0 Å². The van der Waals surface area contributed by atoms with E-state index in [0.29, 0.717) is 11.1 Å². The van der Waals surface area contributed by atoms with Gasteiger partial charge in [0.25, 0.3) is 5.56 Å². The van der Waals surface area contributed by atoms with Crippen LogP contribution in [0.2, 0.25) is 0 Å². The Balaban J connectivity index is 0.000000289. The molecule has 3 aliphatic rings. The van der Waals surface area contributed by atoms with Gasteiger partial charge in [0.15, 0.2) is 0 Å². The van der Waals surface area contributed by atoms with E-state index in [1.54, 1.807) is 29.3 Å².